The molecule has 0 atom stereocenters. The summed E-state index contributed by atoms with van der Waals surface area (Å²) in [5, 5.41) is 12.8. The molecular weight excluding hydrogens is 390 g/mol. The summed E-state index contributed by atoms with van der Waals surface area (Å²) in [7, 11) is -3.55. The van der Waals surface area contributed by atoms with Crippen molar-refractivity contribution >= 4 is 39.1 Å². The van der Waals surface area contributed by atoms with E-state index in [1.54, 1.807) is 23.1 Å². The Morgan fingerprint density at radius 1 is 1.04 bits per heavy atom. The van der Waals surface area contributed by atoms with E-state index in [0.29, 0.717) is 18.8 Å². The molecule has 1 aliphatic rings. The van der Waals surface area contributed by atoms with Crippen molar-refractivity contribution in [3.05, 3.63) is 74.6 Å². The highest BCUT2D eigenvalue weighted by Gasteiger charge is 2.28. The van der Waals surface area contributed by atoms with Crippen molar-refractivity contribution in [3.63, 3.8) is 0 Å². The van der Waals surface area contributed by atoms with Crippen LogP contribution in [0, 0.1) is 10.1 Å². The second kappa shape index (κ2) is 8.08. The number of piperazine rings is 1. The third-order valence-electron chi connectivity index (χ3n) is 4.31. The van der Waals surface area contributed by atoms with Gasteiger partial charge in [0, 0.05) is 42.7 Å². The minimum absolute atomic E-state index is 0.0808. The van der Waals surface area contributed by atoms with Crippen LogP contribution in [-0.2, 0) is 10.0 Å². The van der Waals surface area contributed by atoms with Gasteiger partial charge in [-0.25, -0.2) is 8.42 Å². The van der Waals surface area contributed by atoms with Crippen molar-refractivity contribution in [3.8, 4) is 0 Å². The van der Waals surface area contributed by atoms with Gasteiger partial charge < -0.3 is 4.90 Å². The van der Waals surface area contributed by atoms with E-state index in [1.807, 2.05) is 30.3 Å². The molecule has 2 aromatic rings. The molecule has 0 saturated carbocycles. The molecule has 7 nitrogen and oxygen atoms in total. The maximum absolute atomic E-state index is 12.5. The summed E-state index contributed by atoms with van der Waals surface area (Å²) in [5.41, 5.74) is 1.17. The zero-order valence-electron chi connectivity index (χ0n) is 14.4. The highest BCUT2D eigenvalue weighted by Crippen LogP contribution is 2.31. The van der Waals surface area contributed by atoms with Crippen LogP contribution in [0.15, 0.2) is 53.9 Å². The molecule has 1 saturated heterocycles. The zero-order valence-corrected chi connectivity index (χ0v) is 15.9. The summed E-state index contributed by atoms with van der Waals surface area (Å²) in [6.45, 7) is 1.23. The first-order valence-corrected chi connectivity index (χ1v) is 10.2. The number of nitro benzene ring substituents is 1. The topological polar surface area (TPSA) is 83.8 Å². The summed E-state index contributed by atoms with van der Waals surface area (Å²) >= 11 is 5.85. The Morgan fingerprint density at radius 3 is 2.33 bits per heavy atom. The Kier molecular flexibility index (Phi) is 5.79. The van der Waals surface area contributed by atoms with Gasteiger partial charge in [-0.2, -0.15) is 4.31 Å². The van der Waals surface area contributed by atoms with Crippen LogP contribution in [0.5, 0.6) is 0 Å². The van der Waals surface area contributed by atoms with E-state index in [2.05, 4.69) is 0 Å². The minimum atomic E-state index is -3.55. The van der Waals surface area contributed by atoms with Gasteiger partial charge in [0.05, 0.1) is 4.92 Å². The molecule has 0 N–H and O–H groups in total. The first-order chi connectivity index (χ1) is 12.9. The molecule has 0 aromatic heterocycles. The summed E-state index contributed by atoms with van der Waals surface area (Å²) in [4.78, 5) is 12.6. The van der Waals surface area contributed by atoms with Gasteiger partial charge in [-0.3, -0.25) is 10.1 Å². The Balaban J connectivity index is 1.70. The highest BCUT2D eigenvalue weighted by atomic mass is 35.5. The number of sulfonamides is 1. The van der Waals surface area contributed by atoms with Crippen LogP contribution in [0.1, 0.15) is 5.56 Å². The standard InChI is InChI=1S/C18H18ClN3O4S/c19-16-6-7-17(18(14-16)22(23)24)20-9-11-21(12-10-20)27(25,26)13-8-15-4-2-1-3-5-15/h1-8,13-14H,9-12H2/b13-8+. The lowest BCUT2D eigenvalue weighted by atomic mass is 10.2. The van der Waals surface area contributed by atoms with Gasteiger partial charge in [0.25, 0.3) is 5.69 Å². The predicted octanol–water partition coefficient (Wildman–Crippen LogP) is 3.37. The Morgan fingerprint density at radius 2 is 1.70 bits per heavy atom. The molecular formula is C18H18ClN3O4S. The summed E-state index contributed by atoms with van der Waals surface area (Å²) in [6, 6.07) is 13.7. The third kappa shape index (κ3) is 4.65. The van der Waals surface area contributed by atoms with Crippen molar-refractivity contribution in [2.75, 3.05) is 31.1 Å². The number of rotatable bonds is 5. The second-order valence-corrected chi connectivity index (χ2v) is 8.29. The Bertz CT molecular complexity index is 956. The summed E-state index contributed by atoms with van der Waals surface area (Å²) in [5.74, 6) is 0. The fourth-order valence-electron chi connectivity index (χ4n) is 2.91. The molecule has 1 aliphatic heterocycles. The van der Waals surface area contributed by atoms with E-state index in [-0.39, 0.29) is 23.8 Å². The normalized spacial score (nSPS) is 16.0. The predicted molar refractivity (Wildman–Crippen MR) is 106 cm³/mol. The van der Waals surface area contributed by atoms with Crippen molar-refractivity contribution in [2.45, 2.75) is 0 Å². The van der Waals surface area contributed by atoms with Gasteiger partial charge in [0.2, 0.25) is 10.0 Å². The van der Waals surface area contributed by atoms with Crippen molar-refractivity contribution in [2.24, 2.45) is 0 Å². The van der Waals surface area contributed by atoms with Gasteiger partial charge in [0.1, 0.15) is 5.69 Å². The SMILES string of the molecule is O=[N+]([O-])c1cc(Cl)ccc1N1CCN(S(=O)(=O)/C=C/c2ccccc2)CC1. The fourth-order valence-corrected chi connectivity index (χ4v) is 4.25. The lowest BCUT2D eigenvalue weighted by Gasteiger charge is -2.34. The molecule has 9 heteroatoms. The van der Waals surface area contributed by atoms with Gasteiger partial charge in [-0.05, 0) is 23.8 Å². The van der Waals surface area contributed by atoms with Gasteiger partial charge >= 0.3 is 0 Å². The smallest absolute Gasteiger partial charge is 0.294 e. The molecule has 1 fully saturated rings. The third-order valence-corrected chi connectivity index (χ3v) is 6.11. The number of anilines is 1. The molecule has 3 rings (SSSR count). The van der Waals surface area contributed by atoms with Crippen LogP contribution >= 0.6 is 11.6 Å². The average molecular weight is 408 g/mol. The summed E-state index contributed by atoms with van der Waals surface area (Å²) in [6.07, 6.45) is 1.56. The minimum Gasteiger partial charge on any atom is -0.363 e. The molecule has 0 bridgehead atoms. The number of nitrogens with zero attached hydrogens (tertiary/aromatic N) is 3. The van der Waals surface area contributed by atoms with Crippen LogP contribution in [0.25, 0.3) is 6.08 Å². The lowest BCUT2D eigenvalue weighted by Crippen LogP contribution is -2.48. The first-order valence-electron chi connectivity index (χ1n) is 8.29. The van der Waals surface area contributed by atoms with E-state index >= 15 is 0 Å². The molecule has 0 spiro atoms. The van der Waals surface area contributed by atoms with Crippen molar-refractivity contribution in [1.82, 2.24) is 4.31 Å². The number of halogens is 1. The van der Waals surface area contributed by atoms with Gasteiger partial charge in [-0.15, -0.1) is 0 Å². The van der Waals surface area contributed by atoms with E-state index < -0.39 is 14.9 Å². The van der Waals surface area contributed by atoms with Crippen LogP contribution in [-0.4, -0.2) is 43.8 Å². The molecule has 0 unspecified atom stereocenters. The maximum atomic E-state index is 12.5. The maximum Gasteiger partial charge on any atom is 0.294 e. The average Bonchev–Trinajstić information content (AvgIpc) is 2.67. The highest BCUT2D eigenvalue weighted by molar-refractivity contribution is 7.92. The molecule has 0 aliphatic carbocycles. The van der Waals surface area contributed by atoms with E-state index in [4.69, 9.17) is 11.6 Å². The lowest BCUT2D eigenvalue weighted by molar-refractivity contribution is -0.384. The first kappa shape index (κ1) is 19.3. The quantitative estimate of drug-likeness (QED) is 0.560. The van der Waals surface area contributed by atoms with Crippen molar-refractivity contribution < 1.29 is 13.3 Å². The van der Waals surface area contributed by atoms with E-state index in [1.165, 1.54) is 15.8 Å². The van der Waals surface area contributed by atoms with Crippen molar-refractivity contribution in [1.29, 1.82) is 0 Å². The Hall–Kier alpha value is -2.42. The fraction of sp³-hybridized carbons (Fsp3) is 0.222. The molecule has 142 valence electrons. The number of benzene rings is 2. The number of nitro groups is 1. The van der Waals surface area contributed by atoms with Gasteiger partial charge in [-0.1, -0.05) is 41.9 Å². The molecule has 0 radical (unpaired) electrons. The molecule has 0 amide bonds. The number of hydrogen-bond acceptors (Lipinski definition) is 5. The summed E-state index contributed by atoms with van der Waals surface area (Å²) < 4.78 is 26.4. The van der Waals surface area contributed by atoms with Gasteiger partial charge in [0.15, 0.2) is 0 Å². The Labute approximate surface area is 162 Å². The molecule has 27 heavy (non-hydrogen) atoms. The van der Waals surface area contributed by atoms with Crippen LogP contribution in [0.4, 0.5) is 11.4 Å². The van der Waals surface area contributed by atoms with Crippen LogP contribution in [0.3, 0.4) is 0 Å². The van der Waals surface area contributed by atoms with E-state index in [0.717, 1.165) is 5.56 Å². The second-order valence-electron chi connectivity index (χ2n) is 6.03. The molecule has 1 heterocycles. The largest absolute Gasteiger partial charge is 0.363 e. The zero-order chi connectivity index (χ0) is 19.4. The monoisotopic (exact) mass is 407 g/mol. The molecule has 2 aromatic carbocycles. The van der Waals surface area contributed by atoms with E-state index in [9.17, 15) is 18.5 Å². The van der Waals surface area contributed by atoms with Crippen LogP contribution < -0.4 is 4.90 Å². The van der Waals surface area contributed by atoms with Crippen LogP contribution in [0.2, 0.25) is 5.02 Å². The number of hydrogen-bond donors (Lipinski definition) is 0.